The van der Waals surface area contributed by atoms with Gasteiger partial charge >= 0.3 is 0 Å². The molecule has 0 aliphatic heterocycles. The number of methoxy groups -OCH3 is 2. The van der Waals surface area contributed by atoms with Gasteiger partial charge in [-0.3, -0.25) is 4.79 Å². The van der Waals surface area contributed by atoms with Gasteiger partial charge in [0.15, 0.2) is 6.29 Å². The van der Waals surface area contributed by atoms with Crippen molar-refractivity contribution in [2.24, 2.45) is 0 Å². The van der Waals surface area contributed by atoms with Gasteiger partial charge < -0.3 is 9.47 Å². The first-order chi connectivity index (χ1) is 6.76. The minimum Gasteiger partial charge on any atom is -0.497 e. The molecule has 0 unspecified atom stereocenters. The smallest absolute Gasteiger partial charge is 0.154 e. The Bertz CT molecular complexity index is 306. The van der Waals surface area contributed by atoms with E-state index >= 15 is 0 Å². The van der Waals surface area contributed by atoms with Crippen LogP contribution in [0.4, 0.5) is 0 Å². The molecule has 0 bridgehead atoms. The highest BCUT2D eigenvalue weighted by Gasteiger charge is 2.09. The minimum absolute atomic E-state index is 0.566. The van der Waals surface area contributed by atoms with Gasteiger partial charge in [-0.05, 0) is 18.1 Å². The van der Waals surface area contributed by atoms with Crippen LogP contribution in [-0.2, 0) is 6.42 Å². The second kappa shape index (κ2) is 4.65. The summed E-state index contributed by atoms with van der Waals surface area (Å²) in [6, 6.07) is 3.56. The molecule has 0 aliphatic rings. The summed E-state index contributed by atoms with van der Waals surface area (Å²) in [6.07, 6.45) is 1.60. The van der Waals surface area contributed by atoms with E-state index in [1.807, 2.05) is 13.0 Å². The number of aldehydes is 1. The third-order valence-electron chi connectivity index (χ3n) is 2.16. The Balaban J connectivity index is 3.31. The molecule has 0 aliphatic carbocycles. The summed E-state index contributed by atoms with van der Waals surface area (Å²) >= 11 is 0. The van der Waals surface area contributed by atoms with Gasteiger partial charge in [-0.25, -0.2) is 0 Å². The fourth-order valence-corrected chi connectivity index (χ4v) is 1.37. The highest BCUT2D eigenvalue weighted by atomic mass is 16.5. The van der Waals surface area contributed by atoms with E-state index in [-0.39, 0.29) is 0 Å². The number of carbonyl (C=O) groups is 1. The molecule has 3 heteroatoms. The van der Waals surface area contributed by atoms with Gasteiger partial charge in [0, 0.05) is 6.07 Å². The first kappa shape index (κ1) is 10.6. The van der Waals surface area contributed by atoms with Crippen molar-refractivity contribution in [2.75, 3.05) is 14.2 Å². The zero-order valence-electron chi connectivity index (χ0n) is 8.66. The van der Waals surface area contributed by atoms with Crippen molar-refractivity contribution in [3.8, 4) is 11.5 Å². The normalized spacial score (nSPS) is 9.64. The Labute approximate surface area is 83.6 Å². The molecule has 0 amide bonds. The Hall–Kier alpha value is -1.51. The van der Waals surface area contributed by atoms with E-state index in [1.54, 1.807) is 20.3 Å². The van der Waals surface area contributed by atoms with Crippen molar-refractivity contribution in [1.82, 2.24) is 0 Å². The van der Waals surface area contributed by atoms with Crippen molar-refractivity contribution in [3.05, 3.63) is 23.3 Å². The summed E-state index contributed by atoms with van der Waals surface area (Å²) in [5, 5.41) is 0. The summed E-state index contributed by atoms with van der Waals surface area (Å²) in [6.45, 7) is 1.99. The third-order valence-corrected chi connectivity index (χ3v) is 2.16. The number of hydrogen-bond acceptors (Lipinski definition) is 3. The fraction of sp³-hybridized carbons (Fsp3) is 0.364. The van der Waals surface area contributed by atoms with E-state index in [1.165, 1.54) is 0 Å². The van der Waals surface area contributed by atoms with Crippen molar-refractivity contribution >= 4 is 6.29 Å². The lowest BCUT2D eigenvalue weighted by molar-refractivity contribution is 0.111. The maximum absolute atomic E-state index is 10.8. The molecule has 0 aromatic heterocycles. The van der Waals surface area contributed by atoms with E-state index < -0.39 is 0 Å². The zero-order chi connectivity index (χ0) is 10.6. The van der Waals surface area contributed by atoms with Crippen LogP contribution in [0.5, 0.6) is 11.5 Å². The lowest BCUT2D eigenvalue weighted by Crippen LogP contribution is -1.98. The molecule has 0 N–H and O–H groups in total. The first-order valence-corrected chi connectivity index (χ1v) is 4.46. The monoisotopic (exact) mass is 194 g/mol. The summed E-state index contributed by atoms with van der Waals surface area (Å²) in [7, 11) is 3.13. The average Bonchev–Trinajstić information content (AvgIpc) is 2.26. The van der Waals surface area contributed by atoms with E-state index in [0.29, 0.717) is 17.1 Å². The molecule has 76 valence electrons. The maximum atomic E-state index is 10.8. The van der Waals surface area contributed by atoms with Gasteiger partial charge in [0.1, 0.15) is 11.5 Å². The SMILES string of the molecule is CCc1cc(OC)cc(OC)c1C=O. The summed E-state index contributed by atoms with van der Waals surface area (Å²) in [5.41, 5.74) is 1.55. The Morgan fingerprint density at radius 2 is 2.00 bits per heavy atom. The lowest BCUT2D eigenvalue weighted by atomic mass is 10.0. The van der Waals surface area contributed by atoms with Gasteiger partial charge in [-0.15, -0.1) is 0 Å². The van der Waals surface area contributed by atoms with Gasteiger partial charge in [0.05, 0.1) is 19.8 Å². The largest absolute Gasteiger partial charge is 0.497 e. The molecule has 0 atom stereocenters. The van der Waals surface area contributed by atoms with Gasteiger partial charge in [0.2, 0.25) is 0 Å². The van der Waals surface area contributed by atoms with E-state index in [4.69, 9.17) is 9.47 Å². The van der Waals surface area contributed by atoms with Crippen LogP contribution in [-0.4, -0.2) is 20.5 Å². The molecule has 3 nitrogen and oxygen atoms in total. The molecule has 0 saturated carbocycles. The Morgan fingerprint density at radius 3 is 2.43 bits per heavy atom. The summed E-state index contributed by atoms with van der Waals surface area (Å²) in [5.74, 6) is 1.28. The number of rotatable bonds is 4. The van der Waals surface area contributed by atoms with Crippen LogP contribution in [0.2, 0.25) is 0 Å². The molecular weight excluding hydrogens is 180 g/mol. The summed E-state index contributed by atoms with van der Waals surface area (Å²) < 4.78 is 10.2. The molecule has 14 heavy (non-hydrogen) atoms. The van der Waals surface area contributed by atoms with Gasteiger partial charge in [-0.1, -0.05) is 6.92 Å². The predicted octanol–water partition coefficient (Wildman–Crippen LogP) is 2.08. The molecule has 1 aromatic rings. The van der Waals surface area contributed by atoms with Crippen LogP contribution in [0.25, 0.3) is 0 Å². The van der Waals surface area contributed by atoms with Crippen molar-refractivity contribution in [1.29, 1.82) is 0 Å². The highest BCUT2D eigenvalue weighted by Crippen LogP contribution is 2.27. The molecule has 0 heterocycles. The molecule has 0 saturated heterocycles. The van der Waals surface area contributed by atoms with Gasteiger partial charge in [-0.2, -0.15) is 0 Å². The quantitative estimate of drug-likeness (QED) is 0.688. The van der Waals surface area contributed by atoms with Crippen LogP contribution in [0.1, 0.15) is 22.8 Å². The Kier molecular flexibility index (Phi) is 3.51. The van der Waals surface area contributed by atoms with Crippen LogP contribution < -0.4 is 9.47 Å². The standard InChI is InChI=1S/C11H14O3/c1-4-8-5-9(13-2)6-11(14-3)10(8)7-12/h5-7H,4H2,1-3H3. The van der Waals surface area contributed by atoms with E-state index in [2.05, 4.69) is 0 Å². The first-order valence-electron chi connectivity index (χ1n) is 4.46. The summed E-state index contributed by atoms with van der Waals surface area (Å²) in [4.78, 5) is 10.8. The number of ether oxygens (including phenoxy) is 2. The zero-order valence-corrected chi connectivity index (χ0v) is 8.66. The van der Waals surface area contributed by atoms with Crippen LogP contribution in [0.3, 0.4) is 0 Å². The Morgan fingerprint density at radius 1 is 1.29 bits per heavy atom. The molecule has 0 radical (unpaired) electrons. The average molecular weight is 194 g/mol. The van der Waals surface area contributed by atoms with Crippen molar-refractivity contribution in [2.45, 2.75) is 13.3 Å². The minimum atomic E-state index is 0.566. The number of carbonyl (C=O) groups excluding carboxylic acids is 1. The molecular formula is C11H14O3. The van der Waals surface area contributed by atoms with Crippen LogP contribution >= 0.6 is 0 Å². The predicted molar refractivity (Wildman–Crippen MR) is 54.3 cm³/mol. The molecule has 1 rings (SSSR count). The number of benzene rings is 1. The highest BCUT2D eigenvalue weighted by molar-refractivity contribution is 5.82. The van der Waals surface area contributed by atoms with Gasteiger partial charge in [0.25, 0.3) is 0 Å². The molecule has 0 spiro atoms. The second-order valence-corrected chi connectivity index (χ2v) is 2.87. The topological polar surface area (TPSA) is 35.5 Å². The third kappa shape index (κ3) is 1.87. The molecule has 0 fully saturated rings. The van der Waals surface area contributed by atoms with Crippen LogP contribution in [0, 0.1) is 0 Å². The maximum Gasteiger partial charge on any atom is 0.154 e. The molecule has 1 aromatic carbocycles. The van der Waals surface area contributed by atoms with Crippen LogP contribution in [0.15, 0.2) is 12.1 Å². The van der Waals surface area contributed by atoms with Crippen molar-refractivity contribution < 1.29 is 14.3 Å². The lowest BCUT2D eigenvalue weighted by Gasteiger charge is -2.10. The van der Waals surface area contributed by atoms with E-state index in [9.17, 15) is 4.79 Å². The number of aryl methyl sites for hydroxylation is 1. The van der Waals surface area contributed by atoms with Crippen molar-refractivity contribution in [3.63, 3.8) is 0 Å². The fourth-order valence-electron chi connectivity index (χ4n) is 1.37. The number of hydrogen-bond donors (Lipinski definition) is 0. The van der Waals surface area contributed by atoms with E-state index in [0.717, 1.165) is 18.3 Å². The second-order valence-electron chi connectivity index (χ2n) is 2.87.